The summed E-state index contributed by atoms with van der Waals surface area (Å²) in [5.74, 6) is 0.258. The van der Waals surface area contributed by atoms with Crippen molar-refractivity contribution in [3.8, 4) is 5.75 Å². The minimum atomic E-state index is -4.41. The van der Waals surface area contributed by atoms with Crippen LogP contribution in [0.15, 0.2) is 57.8 Å². The minimum absolute atomic E-state index is 0.258. The van der Waals surface area contributed by atoms with Crippen LogP contribution in [0.25, 0.3) is 10.2 Å². The van der Waals surface area contributed by atoms with Crippen molar-refractivity contribution in [2.24, 2.45) is 0 Å². The normalized spacial score (nSPS) is 11.7. The van der Waals surface area contributed by atoms with E-state index in [1.165, 1.54) is 24.8 Å². The van der Waals surface area contributed by atoms with Gasteiger partial charge in [0.05, 0.1) is 36.4 Å². The lowest BCUT2D eigenvalue weighted by molar-refractivity contribution is -0.137. The van der Waals surface area contributed by atoms with E-state index in [1.807, 2.05) is 25.1 Å². The molecule has 3 nitrogen and oxygen atoms in total. The van der Waals surface area contributed by atoms with E-state index in [0.29, 0.717) is 26.2 Å². The number of halogens is 5. The molecule has 0 unspecified atom stereocenters. The molecular formula is C22H15Cl2F3N2OS2. The van der Waals surface area contributed by atoms with Crippen LogP contribution in [0.2, 0.25) is 10.0 Å². The smallest absolute Gasteiger partial charge is 0.382 e. The first kappa shape index (κ1) is 23.0. The Kier molecular flexibility index (Phi) is 6.49. The molecule has 1 heterocycles. The largest absolute Gasteiger partial charge is 0.416 e. The number of alkyl halides is 3. The third kappa shape index (κ3) is 5.09. The molecule has 0 saturated carbocycles. The van der Waals surface area contributed by atoms with E-state index in [1.54, 1.807) is 23.5 Å². The Morgan fingerprint density at radius 2 is 1.72 bits per heavy atom. The van der Waals surface area contributed by atoms with Crippen molar-refractivity contribution in [2.75, 3.05) is 5.48 Å². The zero-order chi connectivity index (χ0) is 23.0. The molecule has 0 aliphatic heterocycles. The van der Waals surface area contributed by atoms with Crippen LogP contribution in [-0.2, 0) is 6.18 Å². The van der Waals surface area contributed by atoms with Crippen LogP contribution >= 0.6 is 46.3 Å². The van der Waals surface area contributed by atoms with Gasteiger partial charge in [-0.05, 0) is 67.4 Å². The number of nitrogens with zero attached hydrogens (tertiary/aromatic N) is 1. The van der Waals surface area contributed by atoms with Crippen LogP contribution in [0.5, 0.6) is 5.75 Å². The first-order valence-corrected chi connectivity index (χ1v) is 11.6. The van der Waals surface area contributed by atoms with E-state index in [0.717, 1.165) is 32.3 Å². The molecule has 0 amide bonds. The van der Waals surface area contributed by atoms with Gasteiger partial charge in [0, 0.05) is 0 Å². The first-order chi connectivity index (χ1) is 15.1. The third-order valence-electron chi connectivity index (χ3n) is 4.49. The predicted octanol–water partition coefficient (Wildman–Crippen LogP) is 8.80. The Morgan fingerprint density at radius 1 is 1.00 bits per heavy atom. The molecule has 0 aliphatic carbocycles. The van der Waals surface area contributed by atoms with E-state index < -0.39 is 11.7 Å². The number of nitrogens with one attached hydrogen (secondary N) is 1. The second-order valence-corrected chi connectivity index (χ2v) is 10.1. The maximum atomic E-state index is 12.8. The van der Waals surface area contributed by atoms with Crippen LogP contribution in [0.4, 0.5) is 18.9 Å². The highest BCUT2D eigenvalue weighted by atomic mass is 35.5. The van der Waals surface area contributed by atoms with Gasteiger partial charge >= 0.3 is 6.18 Å². The molecule has 166 valence electrons. The van der Waals surface area contributed by atoms with Crippen molar-refractivity contribution in [1.29, 1.82) is 0 Å². The molecule has 1 N–H and O–H groups in total. The number of aryl methyl sites for hydroxylation is 2. The standard InChI is InChI=1S/C22H15Cl2F3N2OS2/c1-11-3-6-19-17(7-11)28-21(31-19)32-20-15(23)9-14(10-16(20)24)29-30-18-5-4-13(8-12(18)2)22(25,26)27/h3-10,29H,1-2H3. The molecule has 32 heavy (non-hydrogen) atoms. The zero-order valence-electron chi connectivity index (χ0n) is 16.7. The Labute approximate surface area is 200 Å². The fourth-order valence-electron chi connectivity index (χ4n) is 2.92. The molecule has 4 rings (SSSR count). The molecule has 0 aliphatic rings. The van der Waals surface area contributed by atoms with Gasteiger partial charge in [-0.3, -0.25) is 0 Å². The number of hydrogen-bond acceptors (Lipinski definition) is 5. The molecule has 0 saturated heterocycles. The van der Waals surface area contributed by atoms with Gasteiger partial charge in [0.2, 0.25) is 0 Å². The lowest BCUT2D eigenvalue weighted by Gasteiger charge is -2.14. The summed E-state index contributed by atoms with van der Waals surface area (Å²) in [6.45, 7) is 3.55. The topological polar surface area (TPSA) is 34.1 Å². The van der Waals surface area contributed by atoms with Gasteiger partial charge in [0.15, 0.2) is 10.1 Å². The summed E-state index contributed by atoms with van der Waals surface area (Å²) in [6, 6.07) is 12.6. The summed E-state index contributed by atoms with van der Waals surface area (Å²) in [5, 5.41) is 0.793. The average molecular weight is 515 g/mol. The van der Waals surface area contributed by atoms with E-state index in [4.69, 9.17) is 28.0 Å². The maximum Gasteiger partial charge on any atom is 0.416 e. The fraction of sp³-hybridized carbons (Fsp3) is 0.136. The second-order valence-electron chi connectivity index (χ2n) is 7.00. The average Bonchev–Trinajstić information content (AvgIpc) is 3.10. The van der Waals surface area contributed by atoms with E-state index >= 15 is 0 Å². The highest BCUT2D eigenvalue weighted by Gasteiger charge is 2.30. The second kappa shape index (κ2) is 9.02. The van der Waals surface area contributed by atoms with Crippen molar-refractivity contribution in [2.45, 2.75) is 29.3 Å². The van der Waals surface area contributed by atoms with Crippen LogP contribution in [0.1, 0.15) is 16.7 Å². The molecule has 0 atom stereocenters. The zero-order valence-corrected chi connectivity index (χ0v) is 19.8. The summed E-state index contributed by atoms with van der Waals surface area (Å²) < 4.78 is 40.3. The number of fused-ring (bicyclic) bond motifs is 1. The number of hydrogen-bond donors (Lipinski definition) is 1. The number of aromatic nitrogens is 1. The molecule has 0 spiro atoms. The first-order valence-electron chi connectivity index (χ1n) is 9.25. The van der Waals surface area contributed by atoms with Crippen molar-refractivity contribution in [1.82, 2.24) is 4.98 Å². The Hall–Kier alpha value is -2.13. The number of rotatable bonds is 5. The monoisotopic (exact) mass is 514 g/mol. The van der Waals surface area contributed by atoms with Gasteiger partial charge in [0.25, 0.3) is 0 Å². The molecule has 10 heteroatoms. The van der Waals surface area contributed by atoms with Crippen molar-refractivity contribution < 1.29 is 18.0 Å². The molecule has 1 aromatic heterocycles. The number of anilines is 1. The van der Waals surface area contributed by atoms with E-state index in [-0.39, 0.29) is 5.75 Å². The summed E-state index contributed by atoms with van der Waals surface area (Å²) in [7, 11) is 0. The summed E-state index contributed by atoms with van der Waals surface area (Å²) in [5.41, 5.74) is 4.80. The molecule has 4 aromatic rings. The fourth-order valence-corrected chi connectivity index (χ4v) is 5.63. The lowest BCUT2D eigenvalue weighted by Crippen LogP contribution is -2.08. The third-order valence-corrected chi connectivity index (χ3v) is 7.55. The van der Waals surface area contributed by atoms with Gasteiger partial charge < -0.3 is 4.84 Å². The van der Waals surface area contributed by atoms with Gasteiger partial charge in [-0.15, -0.1) is 11.3 Å². The van der Waals surface area contributed by atoms with Gasteiger partial charge in [-0.2, -0.15) is 13.2 Å². The van der Waals surface area contributed by atoms with Crippen LogP contribution in [0.3, 0.4) is 0 Å². The highest BCUT2D eigenvalue weighted by molar-refractivity contribution is 8.01. The van der Waals surface area contributed by atoms with E-state index in [9.17, 15) is 13.2 Å². The van der Waals surface area contributed by atoms with E-state index in [2.05, 4.69) is 10.5 Å². The summed E-state index contributed by atoms with van der Waals surface area (Å²) in [6.07, 6.45) is -4.41. The van der Waals surface area contributed by atoms with Gasteiger partial charge in [-0.1, -0.05) is 41.0 Å². The quantitative estimate of drug-likeness (QED) is 0.270. The van der Waals surface area contributed by atoms with Crippen molar-refractivity contribution in [3.63, 3.8) is 0 Å². The molecule has 0 bridgehead atoms. The Balaban J connectivity index is 1.50. The predicted molar refractivity (Wildman–Crippen MR) is 125 cm³/mol. The number of thiazole rings is 1. The highest BCUT2D eigenvalue weighted by Crippen LogP contribution is 2.43. The molecular weight excluding hydrogens is 500 g/mol. The van der Waals surface area contributed by atoms with Gasteiger partial charge in [0.1, 0.15) is 0 Å². The van der Waals surface area contributed by atoms with Crippen LogP contribution in [0, 0.1) is 13.8 Å². The Morgan fingerprint density at radius 3 is 2.38 bits per heavy atom. The van der Waals surface area contributed by atoms with Crippen LogP contribution < -0.4 is 10.3 Å². The van der Waals surface area contributed by atoms with Crippen molar-refractivity contribution >= 4 is 62.2 Å². The summed E-state index contributed by atoms with van der Waals surface area (Å²) in [4.78, 5) is 10.7. The van der Waals surface area contributed by atoms with Crippen molar-refractivity contribution in [3.05, 3.63) is 75.3 Å². The lowest BCUT2D eigenvalue weighted by atomic mass is 10.1. The van der Waals surface area contributed by atoms with Gasteiger partial charge in [-0.25, -0.2) is 10.5 Å². The minimum Gasteiger partial charge on any atom is -0.382 e. The molecule has 3 aromatic carbocycles. The van der Waals surface area contributed by atoms with Crippen LogP contribution in [-0.4, -0.2) is 4.98 Å². The number of benzene rings is 3. The molecule has 0 fully saturated rings. The maximum absolute atomic E-state index is 12.8. The molecule has 0 radical (unpaired) electrons. The Bertz CT molecular complexity index is 1290. The SMILES string of the molecule is Cc1ccc2sc(Sc3c(Cl)cc(NOc4ccc(C(F)(F)F)cc4C)cc3Cl)nc2c1. The summed E-state index contributed by atoms with van der Waals surface area (Å²) >= 11 is 15.8.